The highest BCUT2D eigenvalue weighted by molar-refractivity contribution is 9.10. The summed E-state index contributed by atoms with van der Waals surface area (Å²) in [6.45, 7) is 1.79. The second kappa shape index (κ2) is 6.98. The molecule has 7 heteroatoms. The Morgan fingerprint density at radius 1 is 1.00 bits per heavy atom. The Kier molecular flexibility index (Phi) is 4.76. The lowest BCUT2D eigenvalue weighted by Crippen LogP contribution is -2.25. The first-order chi connectivity index (χ1) is 12.0. The van der Waals surface area contributed by atoms with Gasteiger partial charge < -0.3 is 10.6 Å². The van der Waals surface area contributed by atoms with E-state index in [0.29, 0.717) is 11.4 Å². The largest absolute Gasteiger partial charge is 0.323 e. The van der Waals surface area contributed by atoms with Gasteiger partial charge in [-0.15, -0.1) is 0 Å². The molecule has 128 valence electrons. The minimum atomic E-state index is -0.474. The molecule has 0 spiro atoms. The van der Waals surface area contributed by atoms with Crippen molar-refractivity contribution in [2.45, 2.75) is 6.92 Å². The maximum atomic E-state index is 12.8. The Hall–Kier alpha value is -2.80. The molecule has 0 fully saturated rings. The van der Waals surface area contributed by atoms with Gasteiger partial charge in [0.2, 0.25) is 0 Å². The van der Waals surface area contributed by atoms with Crippen LogP contribution in [0.3, 0.4) is 0 Å². The molecule has 0 aliphatic heterocycles. The van der Waals surface area contributed by atoms with Crippen molar-refractivity contribution in [2.75, 3.05) is 10.6 Å². The molecule has 0 aliphatic carbocycles. The molecule has 1 heterocycles. The number of nitrogens with zero attached hydrogens (tertiary/aromatic N) is 2. The molecule has 3 rings (SSSR count). The third-order valence-corrected chi connectivity index (χ3v) is 4.61. The van der Waals surface area contributed by atoms with Crippen molar-refractivity contribution in [2.24, 2.45) is 7.05 Å². The Labute approximate surface area is 153 Å². The van der Waals surface area contributed by atoms with Gasteiger partial charge in [0.05, 0.1) is 17.1 Å². The number of halogens is 1. The number of benzene rings is 2. The van der Waals surface area contributed by atoms with Crippen LogP contribution in [0.5, 0.6) is 0 Å². The summed E-state index contributed by atoms with van der Waals surface area (Å²) in [4.78, 5) is 25.1. The van der Waals surface area contributed by atoms with Crippen molar-refractivity contribution in [3.8, 4) is 5.69 Å². The minimum absolute atomic E-state index is 0.246. The lowest BCUT2D eigenvalue weighted by atomic mass is 10.3. The van der Waals surface area contributed by atoms with Crippen LogP contribution >= 0.6 is 15.9 Å². The van der Waals surface area contributed by atoms with E-state index in [2.05, 4.69) is 26.6 Å². The van der Waals surface area contributed by atoms with Crippen LogP contribution in [-0.2, 0) is 7.05 Å². The number of rotatable bonds is 3. The quantitative estimate of drug-likeness (QED) is 0.699. The summed E-state index contributed by atoms with van der Waals surface area (Å²) in [6.07, 6.45) is 0. The first-order valence-electron chi connectivity index (χ1n) is 7.65. The third-order valence-electron chi connectivity index (χ3n) is 3.91. The van der Waals surface area contributed by atoms with Gasteiger partial charge in [-0.25, -0.2) is 9.48 Å². The van der Waals surface area contributed by atoms with Crippen LogP contribution in [0.2, 0.25) is 0 Å². The van der Waals surface area contributed by atoms with E-state index in [1.54, 1.807) is 24.7 Å². The fourth-order valence-corrected chi connectivity index (χ4v) is 2.93. The predicted octanol–water partition coefficient (Wildman–Crippen LogP) is 3.89. The molecule has 0 aliphatic rings. The zero-order valence-corrected chi connectivity index (χ0v) is 15.4. The third kappa shape index (κ3) is 3.36. The minimum Gasteiger partial charge on any atom is -0.307 e. The van der Waals surface area contributed by atoms with Crippen molar-refractivity contribution in [1.82, 2.24) is 9.36 Å². The highest BCUT2D eigenvalue weighted by atomic mass is 79.9. The van der Waals surface area contributed by atoms with Crippen molar-refractivity contribution in [3.05, 3.63) is 75.1 Å². The van der Waals surface area contributed by atoms with Gasteiger partial charge in [0.1, 0.15) is 5.69 Å². The maximum absolute atomic E-state index is 12.8. The fourth-order valence-electron chi connectivity index (χ4n) is 2.54. The van der Waals surface area contributed by atoms with Crippen molar-refractivity contribution in [3.63, 3.8) is 0 Å². The van der Waals surface area contributed by atoms with E-state index in [9.17, 15) is 9.59 Å². The molecule has 2 N–H and O–H groups in total. The average molecular weight is 401 g/mol. The zero-order chi connectivity index (χ0) is 18.0. The fraction of sp³-hybridized carbons (Fsp3) is 0.111. The molecule has 0 saturated carbocycles. The van der Waals surface area contributed by atoms with E-state index >= 15 is 0 Å². The monoisotopic (exact) mass is 400 g/mol. The van der Waals surface area contributed by atoms with E-state index in [1.807, 2.05) is 48.5 Å². The first kappa shape index (κ1) is 17.0. The zero-order valence-electron chi connectivity index (χ0n) is 13.8. The van der Waals surface area contributed by atoms with Crippen LogP contribution < -0.4 is 16.2 Å². The van der Waals surface area contributed by atoms with Gasteiger partial charge >= 0.3 is 6.03 Å². The first-order valence-corrected chi connectivity index (χ1v) is 8.45. The van der Waals surface area contributed by atoms with Crippen LogP contribution in [0.1, 0.15) is 5.69 Å². The number of hydrogen-bond acceptors (Lipinski definition) is 2. The van der Waals surface area contributed by atoms with Gasteiger partial charge in [-0.1, -0.05) is 30.3 Å². The number of aromatic nitrogens is 2. The molecule has 0 radical (unpaired) electrons. The van der Waals surface area contributed by atoms with Crippen LogP contribution in [0.15, 0.2) is 63.9 Å². The van der Waals surface area contributed by atoms with E-state index in [0.717, 1.165) is 10.2 Å². The van der Waals surface area contributed by atoms with Crippen LogP contribution in [-0.4, -0.2) is 15.4 Å². The number of nitrogens with one attached hydrogen (secondary N) is 2. The molecule has 0 unspecified atom stereocenters. The smallest absolute Gasteiger partial charge is 0.307 e. The topological polar surface area (TPSA) is 68.1 Å². The summed E-state index contributed by atoms with van der Waals surface area (Å²) in [7, 11) is 1.78. The normalized spacial score (nSPS) is 10.5. The number of anilines is 2. The molecule has 3 aromatic rings. The van der Waals surface area contributed by atoms with E-state index in [-0.39, 0.29) is 11.2 Å². The van der Waals surface area contributed by atoms with Crippen molar-refractivity contribution in [1.29, 1.82) is 0 Å². The van der Waals surface area contributed by atoms with Gasteiger partial charge in [0.15, 0.2) is 0 Å². The van der Waals surface area contributed by atoms with Crippen LogP contribution in [0.25, 0.3) is 5.69 Å². The van der Waals surface area contributed by atoms with Crippen molar-refractivity contribution >= 4 is 33.3 Å². The molecule has 2 aromatic carbocycles. The van der Waals surface area contributed by atoms with Gasteiger partial charge in [-0.3, -0.25) is 9.48 Å². The summed E-state index contributed by atoms with van der Waals surface area (Å²) in [5.41, 5.74) is 1.98. The SMILES string of the molecule is Cc1c(NC(=O)Nc2ccccc2Br)c(=O)n(-c2ccccc2)n1C. The van der Waals surface area contributed by atoms with Crippen LogP contribution in [0.4, 0.5) is 16.2 Å². The standard InChI is InChI=1S/C18H17BrN4O2/c1-12-16(21-18(25)20-15-11-7-6-10-14(15)19)17(24)23(22(12)2)13-8-4-3-5-9-13/h3-11H,1-2H3,(H2,20,21,25). The summed E-state index contributed by atoms with van der Waals surface area (Å²) in [5, 5.41) is 5.39. The van der Waals surface area contributed by atoms with Gasteiger partial charge in [-0.2, -0.15) is 0 Å². The molecule has 0 saturated heterocycles. The van der Waals surface area contributed by atoms with E-state index < -0.39 is 6.03 Å². The van der Waals surface area contributed by atoms with Gasteiger partial charge in [-0.05, 0) is 47.1 Å². The Bertz CT molecular complexity index is 976. The molecule has 2 amide bonds. The highest BCUT2D eigenvalue weighted by Gasteiger charge is 2.18. The number of amides is 2. The van der Waals surface area contributed by atoms with Gasteiger partial charge in [0.25, 0.3) is 5.56 Å². The molecule has 0 bridgehead atoms. The number of carbonyl (C=O) groups is 1. The maximum Gasteiger partial charge on any atom is 0.323 e. The molecule has 6 nitrogen and oxygen atoms in total. The Balaban J connectivity index is 1.90. The van der Waals surface area contributed by atoms with E-state index in [4.69, 9.17) is 0 Å². The van der Waals surface area contributed by atoms with Crippen molar-refractivity contribution < 1.29 is 4.79 Å². The Morgan fingerprint density at radius 3 is 2.32 bits per heavy atom. The number of hydrogen-bond donors (Lipinski definition) is 2. The lowest BCUT2D eigenvalue weighted by molar-refractivity contribution is 0.262. The number of para-hydroxylation sites is 2. The molecular weight excluding hydrogens is 384 g/mol. The lowest BCUT2D eigenvalue weighted by Gasteiger charge is -2.08. The number of urea groups is 1. The second-order valence-corrected chi connectivity index (χ2v) is 6.35. The van der Waals surface area contributed by atoms with E-state index in [1.165, 1.54) is 4.68 Å². The molecule has 25 heavy (non-hydrogen) atoms. The van der Waals surface area contributed by atoms with Crippen LogP contribution in [0, 0.1) is 6.92 Å². The molecule has 1 aromatic heterocycles. The average Bonchev–Trinajstić information content (AvgIpc) is 2.81. The Morgan fingerprint density at radius 2 is 1.64 bits per heavy atom. The summed E-state index contributed by atoms with van der Waals surface area (Å²) in [5.74, 6) is 0. The molecule has 0 atom stereocenters. The summed E-state index contributed by atoms with van der Waals surface area (Å²) in [6, 6.07) is 16.1. The number of carbonyl (C=O) groups excluding carboxylic acids is 1. The molecular formula is C18H17BrN4O2. The summed E-state index contributed by atoms with van der Waals surface area (Å²) < 4.78 is 3.99. The predicted molar refractivity (Wildman–Crippen MR) is 103 cm³/mol. The van der Waals surface area contributed by atoms with Gasteiger partial charge in [0, 0.05) is 11.5 Å². The summed E-state index contributed by atoms with van der Waals surface area (Å²) >= 11 is 3.37. The highest BCUT2D eigenvalue weighted by Crippen LogP contribution is 2.21. The second-order valence-electron chi connectivity index (χ2n) is 5.50.